The van der Waals surface area contributed by atoms with Crippen LogP contribution in [0, 0.1) is 18.2 Å². The van der Waals surface area contributed by atoms with E-state index in [1.54, 1.807) is 0 Å². The molecule has 1 rings (SSSR count). The summed E-state index contributed by atoms with van der Waals surface area (Å²) in [5.74, 6) is 0.976. The molecule has 0 radical (unpaired) electrons. The number of ether oxygens (including phenoxy) is 1. The number of primary amides is 1. The Morgan fingerprint density at radius 1 is 1.64 bits per heavy atom. The fraction of sp³-hybridized carbons (Fsp3) is 0.100. The topological polar surface area (TPSA) is 52.3 Å². The monoisotopic (exact) mass is 193 g/mol. The van der Waals surface area contributed by atoms with Crippen LogP contribution < -0.4 is 10.5 Å². The second kappa shape index (κ2) is 4.28. The highest BCUT2D eigenvalue weighted by Gasteiger charge is 2.08. The molecule has 0 unspecified atom stereocenters. The standard InChI is InChI=1S/C10H8FNO2/c1-2-5-14-7-3-4-8(10(12)13)9(11)6-7/h1,3-4,6H,5H2,(H2,12,13). The third-order valence-corrected chi connectivity index (χ3v) is 1.53. The Kier molecular flexibility index (Phi) is 3.08. The molecule has 1 aromatic rings. The number of benzene rings is 1. The van der Waals surface area contributed by atoms with Gasteiger partial charge in [-0.2, -0.15) is 0 Å². The van der Waals surface area contributed by atoms with Crippen molar-refractivity contribution in [2.45, 2.75) is 0 Å². The lowest BCUT2D eigenvalue weighted by Gasteiger charge is -2.03. The van der Waals surface area contributed by atoms with Gasteiger partial charge >= 0.3 is 0 Å². The molecule has 0 aromatic heterocycles. The summed E-state index contributed by atoms with van der Waals surface area (Å²) in [4.78, 5) is 10.7. The van der Waals surface area contributed by atoms with Gasteiger partial charge in [-0.25, -0.2) is 4.39 Å². The van der Waals surface area contributed by atoms with Gasteiger partial charge in [0.15, 0.2) is 0 Å². The quantitative estimate of drug-likeness (QED) is 0.726. The predicted octanol–water partition coefficient (Wildman–Crippen LogP) is 0.937. The van der Waals surface area contributed by atoms with E-state index in [-0.39, 0.29) is 17.9 Å². The average molecular weight is 193 g/mol. The highest BCUT2D eigenvalue weighted by molar-refractivity contribution is 5.93. The number of carbonyl (C=O) groups excluding carboxylic acids is 1. The van der Waals surface area contributed by atoms with E-state index >= 15 is 0 Å². The molecule has 1 aromatic carbocycles. The lowest BCUT2D eigenvalue weighted by atomic mass is 10.2. The summed E-state index contributed by atoms with van der Waals surface area (Å²) in [5, 5.41) is 0. The van der Waals surface area contributed by atoms with Crippen LogP contribution in [0.1, 0.15) is 10.4 Å². The second-order valence-corrected chi connectivity index (χ2v) is 2.50. The number of amides is 1. The van der Waals surface area contributed by atoms with Crippen molar-refractivity contribution in [2.75, 3.05) is 6.61 Å². The molecule has 3 nitrogen and oxygen atoms in total. The zero-order valence-corrected chi connectivity index (χ0v) is 7.29. The molecular formula is C10H8FNO2. The van der Waals surface area contributed by atoms with E-state index in [9.17, 15) is 9.18 Å². The molecule has 72 valence electrons. The maximum atomic E-state index is 13.1. The van der Waals surface area contributed by atoms with Gasteiger partial charge in [-0.3, -0.25) is 4.79 Å². The summed E-state index contributed by atoms with van der Waals surface area (Å²) in [6.45, 7) is 0.0510. The summed E-state index contributed by atoms with van der Waals surface area (Å²) >= 11 is 0. The van der Waals surface area contributed by atoms with Crippen molar-refractivity contribution in [3.8, 4) is 18.1 Å². The van der Waals surface area contributed by atoms with E-state index in [4.69, 9.17) is 16.9 Å². The zero-order valence-electron chi connectivity index (χ0n) is 7.29. The molecule has 14 heavy (non-hydrogen) atoms. The van der Waals surface area contributed by atoms with Crippen molar-refractivity contribution < 1.29 is 13.9 Å². The van der Waals surface area contributed by atoms with Crippen LogP contribution in [0.2, 0.25) is 0 Å². The smallest absolute Gasteiger partial charge is 0.251 e. The Labute approximate surface area is 80.7 Å². The SMILES string of the molecule is C#CCOc1ccc(C(N)=O)c(F)c1. The van der Waals surface area contributed by atoms with Gasteiger partial charge in [-0.05, 0) is 12.1 Å². The molecule has 0 spiro atoms. The van der Waals surface area contributed by atoms with E-state index < -0.39 is 11.7 Å². The first-order chi connectivity index (χ1) is 6.65. The Bertz CT molecular complexity index is 396. The number of rotatable bonds is 3. The van der Waals surface area contributed by atoms with E-state index in [0.717, 1.165) is 6.07 Å². The van der Waals surface area contributed by atoms with Gasteiger partial charge in [0.25, 0.3) is 5.91 Å². The van der Waals surface area contributed by atoms with Crippen molar-refractivity contribution in [3.05, 3.63) is 29.6 Å². The molecule has 0 fully saturated rings. The number of halogens is 1. The number of nitrogens with two attached hydrogens (primary N) is 1. The molecule has 4 heteroatoms. The average Bonchev–Trinajstić information content (AvgIpc) is 2.14. The predicted molar refractivity (Wildman–Crippen MR) is 49.2 cm³/mol. The van der Waals surface area contributed by atoms with Crippen LogP contribution in [0.15, 0.2) is 18.2 Å². The molecule has 0 aliphatic heterocycles. The van der Waals surface area contributed by atoms with Crippen molar-refractivity contribution in [2.24, 2.45) is 5.73 Å². The molecular weight excluding hydrogens is 185 g/mol. The number of hydrogen-bond acceptors (Lipinski definition) is 2. The Morgan fingerprint density at radius 3 is 2.86 bits per heavy atom. The van der Waals surface area contributed by atoms with Crippen LogP contribution in [0.5, 0.6) is 5.75 Å². The number of carbonyl (C=O) groups is 1. The van der Waals surface area contributed by atoms with E-state index in [2.05, 4.69) is 5.92 Å². The highest BCUT2D eigenvalue weighted by Crippen LogP contribution is 2.15. The van der Waals surface area contributed by atoms with E-state index in [1.165, 1.54) is 12.1 Å². The molecule has 0 heterocycles. The summed E-state index contributed by atoms with van der Waals surface area (Å²) in [5.41, 5.74) is 4.74. The molecule has 0 saturated heterocycles. The highest BCUT2D eigenvalue weighted by atomic mass is 19.1. The molecule has 0 atom stereocenters. The normalized spacial score (nSPS) is 9.14. The maximum Gasteiger partial charge on any atom is 0.251 e. The summed E-state index contributed by atoms with van der Waals surface area (Å²) in [6.07, 6.45) is 4.95. The molecule has 0 aliphatic carbocycles. The molecule has 0 bridgehead atoms. The Morgan fingerprint density at radius 2 is 2.36 bits per heavy atom. The minimum Gasteiger partial charge on any atom is -0.481 e. The first kappa shape index (κ1) is 10.1. The zero-order chi connectivity index (χ0) is 10.6. The molecule has 0 saturated carbocycles. The van der Waals surface area contributed by atoms with Gasteiger partial charge in [0.1, 0.15) is 18.2 Å². The Balaban J connectivity index is 2.90. The largest absolute Gasteiger partial charge is 0.481 e. The van der Waals surface area contributed by atoms with Gasteiger partial charge in [0, 0.05) is 6.07 Å². The van der Waals surface area contributed by atoms with Crippen LogP contribution in [0.4, 0.5) is 4.39 Å². The third kappa shape index (κ3) is 2.23. The number of hydrogen-bond donors (Lipinski definition) is 1. The number of terminal acetylenes is 1. The van der Waals surface area contributed by atoms with Gasteiger partial charge < -0.3 is 10.5 Å². The van der Waals surface area contributed by atoms with Crippen LogP contribution >= 0.6 is 0 Å². The maximum absolute atomic E-state index is 13.1. The lowest BCUT2D eigenvalue weighted by molar-refractivity contribution is 0.0996. The summed E-state index contributed by atoms with van der Waals surface area (Å²) in [7, 11) is 0. The lowest BCUT2D eigenvalue weighted by Crippen LogP contribution is -2.13. The van der Waals surface area contributed by atoms with Gasteiger partial charge in [0.05, 0.1) is 5.56 Å². The van der Waals surface area contributed by atoms with Crippen LogP contribution in [-0.4, -0.2) is 12.5 Å². The summed E-state index contributed by atoms with van der Waals surface area (Å²) < 4.78 is 18.0. The van der Waals surface area contributed by atoms with Crippen molar-refractivity contribution in [1.29, 1.82) is 0 Å². The minimum atomic E-state index is -0.814. The molecule has 1 amide bonds. The fourth-order valence-corrected chi connectivity index (χ4v) is 0.910. The van der Waals surface area contributed by atoms with Crippen molar-refractivity contribution >= 4 is 5.91 Å². The van der Waals surface area contributed by atoms with Gasteiger partial charge in [0.2, 0.25) is 0 Å². The van der Waals surface area contributed by atoms with Crippen LogP contribution in [0.3, 0.4) is 0 Å². The van der Waals surface area contributed by atoms with Gasteiger partial charge in [-0.15, -0.1) is 6.42 Å². The first-order valence-corrected chi connectivity index (χ1v) is 3.80. The second-order valence-electron chi connectivity index (χ2n) is 2.50. The van der Waals surface area contributed by atoms with Crippen LogP contribution in [-0.2, 0) is 0 Å². The summed E-state index contributed by atoms with van der Waals surface area (Å²) in [6, 6.07) is 3.75. The first-order valence-electron chi connectivity index (χ1n) is 3.80. The third-order valence-electron chi connectivity index (χ3n) is 1.53. The molecule has 2 N–H and O–H groups in total. The molecule has 0 aliphatic rings. The van der Waals surface area contributed by atoms with Crippen molar-refractivity contribution in [1.82, 2.24) is 0 Å². The van der Waals surface area contributed by atoms with E-state index in [0.29, 0.717) is 0 Å². The van der Waals surface area contributed by atoms with Crippen molar-refractivity contribution in [3.63, 3.8) is 0 Å². The van der Waals surface area contributed by atoms with E-state index in [1.807, 2.05) is 0 Å². The minimum absolute atomic E-state index is 0.0510. The fourth-order valence-electron chi connectivity index (χ4n) is 0.910. The van der Waals surface area contributed by atoms with Gasteiger partial charge in [-0.1, -0.05) is 5.92 Å². The van der Waals surface area contributed by atoms with Crippen LogP contribution in [0.25, 0.3) is 0 Å². The Hall–Kier alpha value is -2.02.